The Labute approximate surface area is 146 Å². The van der Waals surface area contributed by atoms with Gasteiger partial charge in [0.25, 0.3) is 0 Å². The van der Waals surface area contributed by atoms with Crippen LogP contribution in [-0.4, -0.2) is 42.6 Å². The SMILES string of the molecule is Cc1cc(CN2Cc3ccnn3C(COc3ccccn3)C2)n(C)n1. The molecule has 0 radical (unpaired) electrons. The molecule has 25 heavy (non-hydrogen) atoms. The first-order chi connectivity index (χ1) is 12.2. The van der Waals surface area contributed by atoms with Gasteiger partial charge < -0.3 is 4.74 Å². The van der Waals surface area contributed by atoms with Crippen molar-refractivity contribution in [1.82, 2.24) is 29.4 Å². The molecule has 3 aromatic heterocycles. The van der Waals surface area contributed by atoms with Crippen LogP contribution in [0.2, 0.25) is 0 Å². The molecule has 0 saturated carbocycles. The van der Waals surface area contributed by atoms with Gasteiger partial charge in [0.05, 0.1) is 23.1 Å². The molecule has 0 saturated heterocycles. The van der Waals surface area contributed by atoms with Gasteiger partial charge in [0.15, 0.2) is 0 Å². The maximum absolute atomic E-state index is 5.88. The third-order valence-corrected chi connectivity index (χ3v) is 4.50. The molecule has 0 bridgehead atoms. The standard InChI is InChI=1S/C18H22N6O/c1-14-9-16(22(2)21-14)11-23-10-15-6-8-20-24(15)17(12-23)13-25-18-5-3-4-7-19-18/h3-9,17H,10-13H2,1-2H3. The van der Waals surface area contributed by atoms with Crippen LogP contribution in [0, 0.1) is 6.92 Å². The van der Waals surface area contributed by atoms with Crippen LogP contribution in [0.5, 0.6) is 5.88 Å². The van der Waals surface area contributed by atoms with Crippen LogP contribution in [0.15, 0.2) is 42.7 Å². The summed E-state index contributed by atoms with van der Waals surface area (Å²) in [5, 5.41) is 8.93. The molecule has 1 atom stereocenters. The lowest BCUT2D eigenvalue weighted by Crippen LogP contribution is -2.40. The van der Waals surface area contributed by atoms with E-state index in [2.05, 4.69) is 36.9 Å². The van der Waals surface area contributed by atoms with E-state index in [1.807, 2.05) is 43.0 Å². The number of pyridine rings is 1. The lowest BCUT2D eigenvalue weighted by Gasteiger charge is -2.33. The summed E-state index contributed by atoms with van der Waals surface area (Å²) < 4.78 is 9.92. The molecule has 7 nitrogen and oxygen atoms in total. The number of fused-ring (bicyclic) bond motifs is 1. The minimum Gasteiger partial charge on any atom is -0.475 e. The van der Waals surface area contributed by atoms with Gasteiger partial charge in [-0.15, -0.1) is 0 Å². The van der Waals surface area contributed by atoms with Gasteiger partial charge in [-0.2, -0.15) is 10.2 Å². The number of aromatic nitrogens is 5. The van der Waals surface area contributed by atoms with Gasteiger partial charge in [-0.05, 0) is 25.1 Å². The second-order valence-electron chi connectivity index (χ2n) is 6.47. The Balaban J connectivity index is 1.48. The predicted octanol–water partition coefficient (Wildman–Crippen LogP) is 1.96. The molecule has 0 aromatic carbocycles. The van der Waals surface area contributed by atoms with Gasteiger partial charge in [0.2, 0.25) is 5.88 Å². The number of nitrogens with zero attached hydrogens (tertiary/aromatic N) is 6. The van der Waals surface area contributed by atoms with Gasteiger partial charge in [-0.1, -0.05) is 6.07 Å². The Morgan fingerprint density at radius 3 is 2.92 bits per heavy atom. The minimum absolute atomic E-state index is 0.162. The first-order valence-corrected chi connectivity index (χ1v) is 8.47. The molecule has 0 amide bonds. The number of aryl methyl sites for hydroxylation is 2. The Bertz CT molecular complexity index is 840. The van der Waals surface area contributed by atoms with E-state index in [1.54, 1.807) is 6.20 Å². The van der Waals surface area contributed by atoms with Gasteiger partial charge in [0.1, 0.15) is 6.61 Å². The largest absolute Gasteiger partial charge is 0.475 e. The molecule has 0 spiro atoms. The second-order valence-corrected chi connectivity index (χ2v) is 6.47. The lowest BCUT2D eigenvalue weighted by molar-refractivity contribution is 0.123. The van der Waals surface area contributed by atoms with Crippen molar-refractivity contribution in [3.05, 3.63) is 59.8 Å². The maximum Gasteiger partial charge on any atom is 0.213 e. The van der Waals surface area contributed by atoms with Crippen LogP contribution in [0.1, 0.15) is 23.1 Å². The molecular formula is C18H22N6O. The van der Waals surface area contributed by atoms with Gasteiger partial charge >= 0.3 is 0 Å². The maximum atomic E-state index is 5.88. The summed E-state index contributed by atoms with van der Waals surface area (Å²) in [6.07, 6.45) is 3.60. The van der Waals surface area contributed by atoms with Gasteiger partial charge in [0, 0.05) is 45.1 Å². The quantitative estimate of drug-likeness (QED) is 0.712. The van der Waals surface area contributed by atoms with E-state index in [4.69, 9.17) is 4.74 Å². The molecule has 130 valence electrons. The zero-order valence-electron chi connectivity index (χ0n) is 14.5. The Morgan fingerprint density at radius 1 is 1.24 bits per heavy atom. The van der Waals surface area contributed by atoms with Crippen LogP contribution in [0.4, 0.5) is 0 Å². The van der Waals surface area contributed by atoms with Crippen molar-refractivity contribution in [1.29, 1.82) is 0 Å². The van der Waals surface area contributed by atoms with Crippen LogP contribution in [-0.2, 0) is 20.1 Å². The highest BCUT2D eigenvalue weighted by atomic mass is 16.5. The highest BCUT2D eigenvalue weighted by Gasteiger charge is 2.26. The Kier molecular flexibility index (Phi) is 4.23. The van der Waals surface area contributed by atoms with Crippen molar-refractivity contribution in [2.24, 2.45) is 7.05 Å². The topological polar surface area (TPSA) is 61.0 Å². The molecular weight excluding hydrogens is 316 g/mol. The summed E-state index contributed by atoms with van der Waals surface area (Å²) in [6.45, 7) is 5.20. The average molecular weight is 338 g/mol. The van der Waals surface area contributed by atoms with Crippen molar-refractivity contribution < 1.29 is 4.74 Å². The van der Waals surface area contributed by atoms with Crippen molar-refractivity contribution in [2.45, 2.75) is 26.1 Å². The molecule has 4 rings (SSSR count). The van der Waals surface area contributed by atoms with Gasteiger partial charge in [-0.3, -0.25) is 14.3 Å². The summed E-state index contributed by atoms with van der Waals surface area (Å²) in [5.41, 5.74) is 3.48. The molecule has 7 heteroatoms. The summed E-state index contributed by atoms with van der Waals surface area (Å²) in [7, 11) is 2.00. The van der Waals surface area contributed by atoms with E-state index in [0.29, 0.717) is 12.5 Å². The van der Waals surface area contributed by atoms with Crippen molar-refractivity contribution in [3.8, 4) is 5.88 Å². The van der Waals surface area contributed by atoms with E-state index in [0.717, 1.165) is 25.3 Å². The van der Waals surface area contributed by atoms with Crippen LogP contribution in [0.3, 0.4) is 0 Å². The van der Waals surface area contributed by atoms with Crippen molar-refractivity contribution in [2.75, 3.05) is 13.2 Å². The average Bonchev–Trinajstić information content (AvgIpc) is 3.20. The summed E-state index contributed by atoms with van der Waals surface area (Å²) in [4.78, 5) is 6.65. The third kappa shape index (κ3) is 3.41. The molecule has 1 aliphatic heterocycles. The summed E-state index contributed by atoms with van der Waals surface area (Å²) in [5.74, 6) is 0.649. The molecule has 1 aliphatic rings. The van der Waals surface area contributed by atoms with E-state index >= 15 is 0 Å². The third-order valence-electron chi connectivity index (χ3n) is 4.50. The fourth-order valence-corrected chi connectivity index (χ4v) is 3.36. The molecule has 1 unspecified atom stereocenters. The predicted molar refractivity (Wildman–Crippen MR) is 93.1 cm³/mol. The van der Waals surface area contributed by atoms with E-state index in [1.165, 1.54) is 11.4 Å². The van der Waals surface area contributed by atoms with Crippen LogP contribution >= 0.6 is 0 Å². The fraction of sp³-hybridized carbons (Fsp3) is 0.389. The zero-order chi connectivity index (χ0) is 17.2. The fourth-order valence-electron chi connectivity index (χ4n) is 3.36. The summed E-state index contributed by atoms with van der Waals surface area (Å²) in [6, 6.07) is 10.1. The van der Waals surface area contributed by atoms with Crippen molar-refractivity contribution >= 4 is 0 Å². The number of ether oxygens (including phenoxy) is 1. The molecule has 0 N–H and O–H groups in total. The summed E-state index contributed by atoms with van der Waals surface area (Å²) >= 11 is 0. The van der Waals surface area contributed by atoms with Crippen molar-refractivity contribution in [3.63, 3.8) is 0 Å². The normalized spacial score (nSPS) is 17.4. The molecule has 4 heterocycles. The smallest absolute Gasteiger partial charge is 0.213 e. The molecule has 0 fully saturated rings. The van der Waals surface area contributed by atoms with Crippen LogP contribution in [0.25, 0.3) is 0 Å². The Morgan fingerprint density at radius 2 is 2.16 bits per heavy atom. The first-order valence-electron chi connectivity index (χ1n) is 8.47. The first kappa shape index (κ1) is 15.8. The zero-order valence-corrected chi connectivity index (χ0v) is 14.5. The Hall–Kier alpha value is -2.67. The number of hydrogen-bond acceptors (Lipinski definition) is 5. The highest BCUT2D eigenvalue weighted by Crippen LogP contribution is 2.23. The van der Waals surface area contributed by atoms with Crippen LogP contribution < -0.4 is 4.74 Å². The van der Waals surface area contributed by atoms with Gasteiger partial charge in [-0.25, -0.2) is 4.98 Å². The second kappa shape index (κ2) is 6.68. The van der Waals surface area contributed by atoms with E-state index < -0.39 is 0 Å². The highest BCUT2D eigenvalue weighted by molar-refractivity contribution is 5.12. The minimum atomic E-state index is 0.162. The number of hydrogen-bond donors (Lipinski definition) is 0. The lowest BCUT2D eigenvalue weighted by atomic mass is 10.2. The van der Waals surface area contributed by atoms with E-state index in [9.17, 15) is 0 Å². The van der Waals surface area contributed by atoms with E-state index in [-0.39, 0.29) is 6.04 Å². The molecule has 0 aliphatic carbocycles. The molecule has 3 aromatic rings. The number of rotatable bonds is 5. The monoisotopic (exact) mass is 338 g/mol.